The first-order chi connectivity index (χ1) is 14.8. The summed E-state index contributed by atoms with van der Waals surface area (Å²) in [6.45, 7) is 6.08. The van der Waals surface area contributed by atoms with Gasteiger partial charge < -0.3 is 7.85 Å². The molecular weight excluding hydrogens is 441 g/mol. The Kier molecular flexibility index (Phi) is 8.19. The third-order valence-electron chi connectivity index (χ3n) is 6.25. The van der Waals surface area contributed by atoms with Gasteiger partial charge in [0, 0.05) is 20.5 Å². The molecule has 0 aliphatic heterocycles. The van der Waals surface area contributed by atoms with Gasteiger partial charge in [-0.25, -0.2) is 0 Å². The second-order valence-electron chi connectivity index (χ2n) is 8.40. The summed E-state index contributed by atoms with van der Waals surface area (Å²) in [5, 5.41) is 2.29. The molecule has 0 spiro atoms. The zero-order valence-corrected chi connectivity index (χ0v) is 20.7. The van der Waals surface area contributed by atoms with Crippen molar-refractivity contribution in [3.63, 3.8) is 0 Å². The van der Waals surface area contributed by atoms with Crippen LogP contribution in [0.25, 0.3) is 0 Å². The number of unbranched alkanes of at least 4 members (excludes halogenated alkanes) is 2. The summed E-state index contributed by atoms with van der Waals surface area (Å²) in [6, 6.07) is 19.1. The van der Waals surface area contributed by atoms with Crippen LogP contribution < -0.4 is 0 Å². The Morgan fingerprint density at radius 3 is 1.32 bits per heavy atom. The molecule has 0 aliphatic carbocycles. The molecule has 0 unspecified atom stereocenters. The highest BCUT2D eigenvalue weighted by Gasteiger charge is 2.37. The topological polar surface area (TPSA) is 0 Å². The predicted octanol–water partition coefficient (Wildman–Crippen LogP) is 9.05. The van der Waals surface area contributed by atoms with Gasteiger partial charge in [-0.15, -0.1) is 0 Å². The Balaban J connectivity index is 2.31. The van der Waals surface area contributed by atoms with Gasteiger partial charge in [-0.2, -0.15) is 0 Å². The van der Waals surface area contributed by atoms with E-state index in [0.29, 0.717) is 6.32 Å². The Bertz CT molecular complexity index is 933. The SMILES string of the molecule is [B-]CCCCCC(c1ccc(C)c(Cl)c1)(c1ccc(C)c(Cl)c1)c1ccc(C)c(Cl)c1. The molecule has 0 bridgehead atoms. The smallest absolute Gasteiger partial charge is 0.0452 e. The summed E-state index contributed by atoms with van der Waals surface area (Å²) < 4.78 is 0. The highest BCUT2D eigenvalue weighted by Crippen LogP contribution is 2.46. The lowest BCUT2D eigenvalue weighted by Crippen LogP contribution is -2.30. The van der Waals surface area contributed by atoms with E-state index in [1.807, 2.05) is 20.8 Å². The third kappa shape index (κ3) is 5.16. The molecule has 0 saturated heterocycles. The lowest BCUT2D eigenvalue weighted by Gasteiger charge is -2.37. The van der Waals surface area contributed by atoms with Crippen LogP contribution in [-0.2, 0) is 5.41 Å². The van der Waals surface area contributed by atoms with Crippen LogP contribution in [0.15, 0.2) is 54.6 Å². The molecule has 3 aromatic carbocycles. The molecule has 3 radical (unpaired) electrons. The first-order valence-corrected chi connectivity index (χ1v) is 11.9. The van der Waals surface area contributed by atoms with Crippen LogP contribution in [-0.4, -0.2) is 7.85 Å². The lowest BCUT2D eigenvalue weighted by molar-refractivity contribution is 0.514. The number of aryl methyl sites for hydroxylation is 3. The minimum atomic E-state index is -0.416. The average Bonchev–Trinajstić information content (AvgIpc) is 2.75. The Hall–Kier alpha value is -1.41. The second-order valence-corrected chi connectivity index (χ2v) is 9.62. The van der Waals surface area contributed by atoms with Crippen molar-refractivity contribution in [3.8, 4) is 0 Å². The van der Waals surface area contributed by atoms with Gasteiger partial charge in [0.05, 0.1) is 0 Å². The van der Waals surface area contributed by atoms with Crippen molar-refractivity contribution < 1.29 is 0 Å². The van der Waals surface area contributed by atoms with E-state index >= 15 is 0 Å². The molecular formula is C27H28BCl3-. The maximum Gasteiger partial charge on any atom is 0.0452 e. The predicted molar refractivity (Wildman–Crippen MR) is 137 cm³/mol. The number of hydrogen-bond donors (Lipinski definition) is 0. The van der Waals surface area contributed by atoms with Crippen LogP contribution in [0.5, 0.6) is 0 Å². The maximum atomic E-state index is 6.62. The van der Waals surface area contributed by atoms with Crippen molar-refractivity contribution in [2.75, 3.05) is 0 Å². The summed E-state index contributed by atoms with van der Waals surface area (Å²) in [4.78, 5) is 0. The van der Waals surface area contributed by atoms with Gasteiger partial charge in [-0.3, -0.25) is 6.32 Å². The van der Waals surface area contributed by atoms with Gasteiger partial charge in [0.1, 0.15) is 0 Å². The molecule has 3 rings (SSSR count). The number of halogens is 3. The second kappa shape index (κ2) is 10.5. The van der Waals surface area contributed by atoms with Gasteiger partial charge in [0.15, 0.2) is 0 Å². The maximum absolute atomic E-state index is 6.62. The first-order valence-electron chi connectivity index (χ1n) is 10.8. The van der Waals surface area contributed by atoms with Gasteiger partial charge >= 0.3 is 0 Å². The summed E-state index contributed by atoms with van der Waals surface area (Å²) >= 11 is 19.9. The van der Waals surface area contributed by atoms with Crippen molar-refractivity contribution in [1.29, 1.82) is 0 Å². The van der Waals surface area contributed by atoms with E-state index in [-0.39, 0.29) is 0 Å². The fraction of sp³-hybridized carbons (Fsp3) is 0.333. The highest BCUT2D eigenvalue weighted by atomic mass is 35.5. The van der Waals surface area contributed by atoms with Crippen LogP contribution in [0.4, 0.5) is 0 Å². The zero-order valence-electron chi connectivity index (χ0n) is 18.4. The lowest BCUT2D eigenvalue weighted by atomic mass is 9.66. The molecule has 0 nitrogen and oxygen atoms in total. The highest BCUT2D eigenvalue weighted by molar-refractivity contribution is 6.32. The minimum absolute atomic E-state index is 0.416. The Morgan fingerprint density at radius 1 is 0.613 bits per heavy atom. The Morgan fingerprint density at radius 2 is 1.00 bits per heavy atom. The summed E-state index contributed by atoms with van der Waals surface area (Å²) in [5.74, 6) is 0. The van der Waals surface area contributed by atoms with Gasteiger partial charge in [-0.05, 0) is 78.8 Å². The van der Waals surface area contributed by atoms with E-state index in [1.165, 1.54) is 0 Å². The molecule has 0 N–H and O–H groups in total. The molecule has 161 valence electrons. The van der Waals surface area contributed by atoms with E-state index in [1.54, 1.807) is 0 Å². The molecule has 0 aromatic heterocycles. The van der Waals surface area contributed by atoms with Crippen LogP contribution in [0.1, 0.15) is 59.1 Å². The Labute approximate surface area is 203 Å². The van der Waals surface area contributed by atoms with Crippen molar-refractivity contribution in [1.82, 2.24) is 0 Å². The summed E-state index contributed by atoms with van der Waals surface area (Å²) in [5.41, 5.74) is 6.21. The van der Waals surface area contributed by atoms with Gasteiger partial charge in [0.25, 0.3) is 0 Å². The number of benzene rings is 3. The fourth-order valence-electron chi connectivity index (χ4n) is 4.22. The molecule has 0 atom stereocenters. The van der Waals surface area contributed by atoms with Gasteiger partial charge in [-0.1, -0.05) is 90.5 Å². The van der Waals surface area contributed by atoms with Crippen LogP contribution in [0, 0.1) is 20.8 Å². The molecule has 4 heteroatoms. The fourth-order valence-corrected chi connectivity index (χ4v) is 4.76. The molecule has 3 aromatic rings. The van der Waals surface area contributed by atoms with Gasteiger partial charge in [0.2, 0.25) is 0 Å². The molecule has 0 saturated carbocycles. The largest absolute Gasteiger partial charge is 0.626 e. The monoisotopic (exact) mass is 468 g/mol. The van der Waals surface area contributed by atoms with E-state index in [9.17, 15) is 0 Å². The molecule has 0 amide bonds. The standard InChI is InChI=1S/C27H28BCl3/c1-18-7-10-21(15-24(18)29)27(13-5-4-6-14-28,22-11-8-19(2)25(30)16-22)23-12-9-20(3)26(31)17-23/h7-12,15-17H,4-6,13-14H2,1-3H3/q-1. The van der Waals surface area contributed by atoms with Crippen molar-refractivity contribution >= 4 is 42.6 Å². The van der Waals surface area contributed by atoms with E-state index in [4.69, 9.17) is 42.6 Å². The first kappa shape index (κ1) is 24.2. The number of hydrogen-bond acceptors (Lipinski definition) is 0. The van der Waals surface area contributed by atoms with Crippen LogP contribution in [0.2, 0.25) is 21.4 Å². The summed E-state index contributed by atoms with van der Waals surface area (Å²) in [7, 11) is 5.77. The van der Waals surface area contributed by atoms with Crippen LogP contribution in [0.3, 0.4) is 0 Å². The van der Waals surface area contributed by atoms with E-state index < -0.39 is 5.41 Å². The quantitative estimate of drug-likeness (QED) is 0.175. The normalized spacial score (nSPS) is 11.7. The van der Waals surface area contributed by atoms with Crippen LogP contribution >= 0.6 is 34.8 Å². The molecule has 0 fully saturated rings. The minimum Gasteiger partial charge on any atom is -0.626 e. The van der Waals surface area contributed by atoms with E-state index in [2.05, 4.69) is 54.6 Å². The van der Waals surface area contributed by atoms with Crippen molar-refractivity contribution in [3.05, 3.63) is 103 Å². The molecule has 0 aliphatic rings. The van der Waals surface area contributed by atoms with Crippen molar-refractivity contribution in [2.45, 2.75) is 58.2 Å². The van der Waals surface area contributed by atoms with Crippen molar-refractivity contribution in [2.24, 2.45) is 0 Å². The number of rotatable bonds is 8. The molecule has 0 heterocycles. The summed E-state index contributed by atoms with van der Waals surface area (Å²) in [6.07, 6.45) is 4.71. The van der Waals surface area contributed by atoms with E-state index in [0.717, 1.165) is 74.1 Å². The molecule has 31 heavy (non-hydrogen) atoms. The third-order valence-corrected chi connectivity index (χ3v) is 7.47. The zero-order chi connectivity index (χ0) is 22.6. The average molecular weight is 470 g/mol.